The molecule has 0 radical (unpaired) electrons. The van der Waals surface area contributed by atoms with E-state index in [4.69, 9.17) is 4.74 Å². The van der Waals surface area contributed by atoms with Gasteiger partial charge < -0.3 is 15.2 Å². The first-order valence-electron chi connectivity index (χ1n) is 6.46. The molecule has 0 saturated carbocycles. The Morgan fingerprint density at radius 1 is 1.57 bits per heavy atom. The van der Waals surface area contributed by atoms with Crippen LogP contribution < -0.4 is 10.9 Å². The Kier molecular flexibility index (Phi) is 4.23. The molecule has 0 aromatic carbocycles. The van der Waals surface area contributed by atoms with Crippen LogP contribution >= 0.6 is 0 Å². The summed E-state index contributed by atoms with van der Waals surface area (Å²) in [4.78, 5) is 28.3. The molecule has 7 heteroatoms. The zero-order chi connectivity index (χ0) is 15.6. The molecule has 2 heterocycles. The molecule has 0 fully saturated rings. The smallest absolute Gasteiger partial charge is 0.274 e. The number of carbonyl (C=O) groups excluding carboxylic acids is 1. The van der Waals surface area contributed by atoms with Crippen molar-refractivity contribution in [3.8, 4) is 5.88 Å². The minimum absolute atomic E-state index is 0.291. The Labute approximate surface area is 121 Å². The van der Waals surface area contributed by atoms with Crippen molar-refractivity contribution in [3.05, 3.63) is 39.8 Å². The van der Waals surface area contributed by atoms with E-state index in [1.165, 1.54) is 17.7 Å². The second-order valence-electron chi connectivity index (χ2n) is 4.88. The minimum Gasteiger partial charge on any atom is -0.493 e. The third-order valence-corrected chi connectivity index (χ3v) is 2.99. The monoisotopic (exact) mass is 291 g/mol. The highest BCUT2D eigenvalue weighted by molar-refractivity contribution is 5.96. The van der Waals surface area contributed by atoms with Gasteiger partial charge in [0.1, 0.15) is 5.65 Å². The van der Waals surface area contributed by atoms with Crippen LogP contribution in [0.4, 0.5) is 0 Å². The molecule has 2 aromatic rings. The fourth-order valence-corrected chi connectivity index (χ4v) is 2.01. The first-order valence-corrected chi connectivity index (χ1v) is 6.46. The van der Waals surface area contributed by atoms with E-state index < -0.39 is 17.3 Å². The van der Waals surface area contributed by atoms with Crippen LogP contribution in [0.3, 0.4) is 0 Å². The molecular weight excluding hydrogens is 274 g/mol. The van der Waals surface area contributed by atoms with Crippen molar-refractivity contribution in [1.29, 1.82) is 0 Å². The summed E-state index contributed by atoms with van der Waals surface area (Å²) in [6.07, 6.45) is 1.52. The maximum atomic E-state index is 12.3. The first-order chi connectivity index (χ1) is 9.93. The fourth-order valence-electron chi connectivity index (χ4n) is 2.01. The van der Waals surface area contributed by atoms with Gasteiger partial charge in [-0.05, 0) is 31.5 Å². The molecule has 1 amide bonds. The Morgan fingerprint density at radius 2 is 2.29 bits per heavy atom. The third-order valence-electron chi connectivity index (χ3n) is 2.99. The van der Waals surface area contributed by atoms with Crippen molar-refractivity contribution in [3.63, 3.8) is 0 Å². The number of pyridine rings is 1. The van der Waals surface area contributed by atoms with E-state index in [2.05, 4.69) is 10.3 Å². The number of aryl methyl sites for hydroxylation is 1. The number of methoxy groups -OCH3 is 1. The number of carbonyl (C=O) groups is 1. The molecule has 1 unspecified atom stereocenters. The Morgan fingerprint density at radius 3 is 2.95 bits per heavy atom. The molecule has 0 bridgehead atoms. The van der Waals surface area contributed by atoms with Gasteiger partial charge in [-0.25, -0.2) is 0 Å². The summed E-state index contributed by atoms with van der Waals surface area (Å²) < 4.78 is 6.13. The van der Waals surface area contributed by atoms with Gasteiger partial charge >= 0.3 is 0 Å². The van der Waals surface area contributed by atoms with Crippen LogP contribution in [0.15, 0.2) is 23.1 Å². The number of hydrogen-bond donors (Lipinski definition) is 2. The van der Waals surface area contributed by atoms with Crippen molar-refractivity contribution in [1.82, 2.24) is 14.7 Å². The van der Waals surface area contributed by atoms with E-state index in [0.29, 0.717) is 12.3 Å². The number of ether oxygens (including phenoxy) is 1. The number of aromatic nitrogens is 2. The Hall–Kier alpha value is -2.41. The summed E-state index contributed by atoms with van der Waals surface area (Å²) in [6, 6.07) is 3.08. The Balaban J connectivity index is 2.47. The fraction of sp³-hybridized carbons (Fsp3) is 0.357. The van der Waals surface area contributed by atoms with E-state index >= 15 is 0 Å². The lowest BCUT2D eigenvalue weighted by molar-refractivity contribution is 0.0900. The van der Waals surface area contributed by atoms with E-state index in [-0.39, 0.29) is 11.6 Å². The minimum atomic E-state index is -0.676. The van der Waals surface area contributed by atoms with Crippen molar-refractivity contribution >= 4 is 11.6 Å². The SMILES string of the molecule is COCC(C)NC(=O)c1c(O)nc2cc(C)ccn2c1=O. The van der Waals surface area contributed by atoms with Crippen LogP contribution in [0, 0.1) is 6.92 Å². The van der Waals surface area contributed by atoms with Gasteiger partial charge in [-0.2, -0.15) is 4.98 Å². The van der Waals surface area contributed by atoms with Gasteiger partial charge in [-0.3, -0.25) is 14.0 Å². The Bertz CT molecular complexity index is 739. The molecule has 21 heavy (non-hydrogen) atoms. The summed E-state index contributed by atoms with van der Waals surface area (Å²) in [5.41, 5.74) is 0.199. The second-order valence-corrected chi connectivity index (χ2v) is 4.88. The van der Waals surface area contributed by atoms with Crippen LogP contribution in [-0.2, 0) is 4.74 Å². The van der Waals surface area contributed by atoms with Crippen LogP contribution in [0.2, 0.25) is 0 Å². The lowest BCUT2D eigenvalue weighted by Gasteiger charge is -2.13. The van der Waals surface area contributed by atoms with E-state index in [0.717, 1.165) is 5.56 Å². The molecule has 0 spiro atoms. The molecular formula is C14H17N3O4. The standard InChI is InChI=1S/C14H17N3O4/c1-8-4-5-17-10(6-8)16-13(19)11(14(17)20)12(18)15-9(2)7-21-3/h4-6,9,19H,7H2,1-3H3,(H,15,18). The molecule has 2 N–H and O–H groups in total. The molecule has 0 aliphatic heterocycles. The normalized spacial score (nSPS) is 12.3. The molecule has 0 aliphatic carbocycles. The van der Waals surface area contributed by atoms with E-state index in [1.54, 1.807) is 19.1 Å². The zero-order valence-corrected chi connectivity index (χ0v) is 12.1. The number of amides is 1. The molecule has 7 nitrogen and oxygen atoms in total. The number of nitrogens with one attached hydrogen (secondary N) is 1. The van der Waals surface area contributed by atoms with Gasteiger partial charge in [-0.1, -0.05) is 0 Å². The average Bonchev–Trinajstić information content (AvgIpc) is 2.38. The summed E-state index contributed by atoms with van der Waals surface area (Å²) in [5.74, 6) is -1.25. The van der Waals surface area contributed by atoms with Crippen molar-refractivity contribution in [2.45, 2.75) is 19.9 Å². The van der Waals surface area contributed by atoms with Crippen LogP contribution in [-0.4, -0.2) is 40.2 Å². The summed E-state index contributed by atoms with van der Waals surface area (Å²) in [6.45, 7) is 3.87. The van der Waals surface area contributed by atoms with Crippen LogP contribution in [0.25, 0.3) is 5.65 Å². The van der Waals surface area contributed by atoms with Gasteiger partial charge in [0.15, 0.2) is 5.56 Å². The lowest BCUT2D eigenvalue weighted by Crippen LogP contribution is -2.39. The number of fused-ring (bicyclic) bond motifs is 1. The predicted molar refractivity (Wildman–Crippen MR) is 76.7 cm³/mol. The van der Waals surface area contributed by atoms with Crippen molar-refractivity contribution < 1.29 is 14.6 Å². The number of nitrogens with zero attached hydrogens (tertiary/aromatic N) is 2. The third kappa shape index (κ3) is 3.03. The highest BCUT2D eigenvalue weighted by Crippen LogP contribution is 2.12. The maximum absolute atomic E-state index is 12.3. The summed E-state index contributed by atoms with van der Waals surface area (Å²) in [7, 11) is 1.51. The molecule has 2 rings (SSSR count). The van der Waals surface area contributed by atoms with Crippen LogP contribution in [0.1, 0.15) is 22.8 Å². The highest BCUT2D eigenvalue weighted by Gasteiger charge is 2.21. The molecule has 2 aromatic heterocycles. The van der Waals surface area contributed by atoms with E-state index in [9.17, 15) is 14.7 Å². The van der Waals surface area contributed by atoms with E-state index in [1.807, 2.05) is 6.92 Å². The zero-order valence-electron chi connectivity index (χ0n) is 12.1. The topological polar surface area (TPSA) is 92.9 Å². The van der Waals surface area contributed by atoms with Crippen molar-refractivity contribution in [2.75, 3.05) is 13.7 Å². The summed E-state index contributed by atoms with van der Waals surface area (Å²) in [5, 5.41) is 12.5. The largest absolute Gasteiger partial charge is 0.493 e. The van der Waals surface area contributed by atoms with Crippen LogP contribution in [0.5, 0.6) is 5.88 Å². The quantitative estimate of drug-likeness (QED) is 0.854. The van der Waals surface area contributed by atoms with Gasteiger partial charge in [0.2, 0.25) is 5.88 Å². The first kappa shape index (κ1) is 15.0. The molecule has 112 valence electrons. The number of rotatable bonds is 4. The van der Waals surface area contributed by atoms with Gasteiger partial charge in [-0.15, -0.1) is 0 Å². The van der Waals surface area contributed by atoms with Crippen molar-refractivity contribution in [2.24, 2.45) is 0 Å². The number of hydrogen-bond acceptors (Lipinski definition) is 5. The average molecular weight is 291 g/mol. The molecule has 1 atom stereocenters. The van der Waals surface area contributed by atoms with Gasteiger partial charge in [0.05, 0.1) is 6.61 Å². The number of aromatic hydroxyl groups is 1. The molecule has 0 saturated heterocycles. The second kappa shape index (κ2) is 5.92. The highest BCUT2D eigenvalue weighted by atomic mass is 16.5. The van der Waals surface area contributed by atoms with Gasteiger partial charge in [0, 0.05) is 19.3 Å². The lowest BCUT2D eigenvalue weighted by atomic mass is 10.2. The maximum Gasteiger partial charge on any atom is 0.274 e. The van der Waals surface area contributed by atoms with Gasteiger partial charge in [0.25, 0.3) is 11.5 Å². The predicted octanol–water partition coefficient (Wildman–Crippen LogP) is 0.473. The summed E-state index contributed by atoms with van der Waals surface area (Å²) >= 11 is 0. The molecule has 0 aliphatic rings.